The molecule has 3 aromatic carbocycles. The number of alkyl halides is 3. The predicted octanol–water partition coefficient (Wildman–Crippen LogP) is 6.19. The van der Waals surface area contributed by atoms with Crippen LogP contribution in [0, 0.1) is 6.92 Å². The number of rotatable bonds is 6. The zero-order chi connectivity index (χ0) is 28.0. The molecule has 0 bridgehead atoms. The minimum absolute atomic E-state index is 0.0580. The van der Waals surface area contributed by atoms with Gasteiger partial charge in [-0.15, -0.1) is 0 Å². The van der Waals surface area contributed by atoms with Crippen molar-refractivity contribution in [2.75, 3.05) is 13.2 Å². The van der Waals surface area contributed by atoms with Gasteiger partial charge in [0, 0.05) is 18.0 Å². The van der Waals surface area contributed by atoms with Crippen molar-refractivity contribution in [3.8, 4) is 16.9 Å². The number of carbonyl (C=O) groups is 1. The molecule has 6 nitrogen and oxygen atoms in total. The average molecular weight is 548 g/mol. The first-order valence-corrected chi connectivity index (χ1v) is 13.3. The summed E-state index contributed by atoms with van der Waals surface area (Å²) in [4.78, 5) is 10.9. The minimum atomic E-state index is -4.43. The quantitative estimate of drug-likeness (QED) is 0.398. The van der Waals surface area contributed by atoms with Crippen LogP contribution in [0.1, 0.15) is 49.1 Å². The molecule has 10 heteroatoms. The van der Waals surface area contributed by atoms with Crippen LogP contribution in [0.15, 0.2) is 65.6 Å². The van der Waals surface area contributed by atoms with Crippen LogP contribution in [0.3, 0.4) is 0 Å². The lowest BCUT2D eigenvalue weighted by Crippen LogP contribution is -2.47. The third-order valence-electron chi connectivity index (χ3n) is 6.86. The summed E-state index contributed by atoms with van der Waals surface area (Å²) >= 11 is 0. The van der Waals surface area contributed by atoms with E-state index in [0.717, 1.165) is 23.3 Å². The summed E-state index contributed by atoms with van der Waals surface area (Å²) in [5.41, 5.74) is 2.25. The van der Waals surface area contributed by atoms with Crippen molar-refractivity contribution in [3.05, 3.63) is 82.9 Å². The predicted molar refractivity (Wildman–Crippen MR) is 137 cm³/mol. The lowest BCUT2D eigenvalue weighted by Gasteiger charge is -2.43. The molecule has 1 heterocycles. The van der Waals surface area contributed by atoms with Crippen molar-refractivity contribution in [3.63, 3.8) is 0 Å². The van der Waals surface area contributed by atoms with E-state index in [1.807, 2.05) is 32.0 Å². The summed E-state index contributed by atoms with van der Waals surface area (Å²) in [5, 5.41) is 8.84. The summed E-state index contributed by atoms with van der Waals surface area (Å²) in [7, 11) is -3.96. The van der Waals surface area contributed by atoms with Crippen molar-refractivity contribution in [1.29, 1.82) is 0 Å². The third-order valence-corrected chi connectivity index (χ3v) is 8.78. The summed E-state index contributed by atoms with van der Waals surface area (Å²) in [6.07, 6.45) is -4.43. The fourth-order valence-corrected chi connectivity index (χ4v) is 6.69. The van der Waals surface area contributed by atoms with Gasteiger partial charge >= 0.3 is 12.1 Å². The van der Waals surface area contributed by atoms with E-state index in [4.69, 9.17) is 9.84 Å². The van der Waals surface area contributed by atoms with Crippen molar-refractivity contribution < 1.29 is 36.2 Å². The van der Waals surface area contributed by atoms with Gasteiger partial charge in [-0.05, 0) is 78.1 Å². The van der Waals surface area contributed by atoms with Crippen LogP contribution in [0.5, 0.6) is 5.75 Å². The number of ether oxygens (including phenoxy) is 1. The molecule has 0 spiro atoms. The molecule has 0 radical (unpaired) electrons. The largest absolute Gasteiger partial charge is 0.482 e. The third kappa shape index (κ3) is 5.28. The zero-order valence-electron chi connectivity index (χ0n) is 21.3. The maximum absolute atomic E-state index is 13.8. The van der Waals surface area contributed by atoms with Crippen LogP contribution in [0.25, 0.3) is 11.1 Å². The highest BCUT2D eigenvalue weighted by Crippen LogP contribution is 2.44. The van der Waals surface area contributed by atoms with Crippen LogP contribution < -0.4 is 4.74 Å². The number of carboxylic acids is 1. The van der Waals surface area contributed by atoms with Crippen molar-refractivity contribution in [1.82, 2.24) is 4.31 Å². The molecular formula is C28H28F3NO5S. The highest BCUT2D eigenvalue weighted by Gasteiger charge is 2.42. The van der Waals surface area contributed by atoms with Gasteiger partial charge in [0.1, 0.15) is 5.75 Å². The number of hydrogen-bond acceptors (Lipinski definition) is 4. The molecule has 1 aliphatic heterocycles. The molecule has 4 rings (SSSR count). The van der Waals surface area contributed by atoms with Gasteiger partial charge in [-0.1, -0.05) is 38.1 Å². The Bertz CT molecular complexity index is 1480. The fourth-order valence-electron chi connectivity index (χ4n) is 4.84. The van der Waals surface area contributed by atoms with Crippen LogP contribution in [-0.2, 0) is 26.4 Å². The van der Waals surface area contributed by atoms with Gasteiger partial charge < -0.3 is 9.84 Å². The Balaban J connectivity index is 1.70. The Labute approximate surface area is 219 Å². The Morgan fingerprint density at radius 1 is 1.05 bits per heavy atom. The number of aryl methyl sites for hydroxylation is 1. The van der Waals surface area contributed by atoms with Crippen molar-refractivity contribution in [2.24, 2.45) is 0 Å². The molecule has 0 aromatic heterocycles. The van der Waals surface area contributed by atoms with Gasteiger partial charge in [0.25, 0.3) is 0 Å². The maximum Gasteiger partial charge on any atom is 0.416 e. The Hall–Kier alpha value is -3.37. The number of fused-ring (bicyclic) bond motifs is 1. The number of benzene rings is 3. The minimum Gasteiger partial charge on any atom is -0.482 e. The lowest BCUT2D eigenvalue weighted by molar-refractivity contribution is -0.139. The van der Waals surface area contributed by atoms with Gasteiger partial charge in [-0.2, -0.15) is 17.5 Å². The number of halogens is 3. The van der Waals surface area contributed by atoms with Crippen LogP contribution >= 0.6 is 0 Å². The highest BCUT2D eigenvalue weighted by molar-refractivity contribution is 7.89. The molecule has 1 N–H and O–H groups in total. The van der Waals surface area contributed by atoms with E-state index in [2.05, 4.69) is 0 Å². The second-order valence-corrected chi connectivity index (χ2v) is 12.0. The highest BCUT2D eigenvalue weighted by atomic mass is 32.2. The second kappa shape index (κ2) is 9.74. The molecule has 3 aromatic rings. The normalized spacial score (nSPS) is 17.6. The molecule has 1 atom stereocenters. The van der Waals surface area contributed by atoms with Gasteiger partial charge in [0.05, 0.1) is 10.5 Å². The number of aliphatic carboxylic acids is 1. The van der Waals surface area contributed by atoms with Crippen LogP contribution in [-0.4, -0.2) is 37.0 Å². The molecular weight excluding hydrogens is 519 g/mol. The first kappa shape index (κ1) is 27.7. The Morgan fingerprint density at radius 3 is 2.26 bits per heavy atom. The van der Waals surface area contributed by atoms with E-state index in [-0.39, 0.29) is 17.2 Å². The molecule has 1 unspecified atom stereocenters. The maximum atomic E-state index is 13.8. The molecule has 202 valence electrons. The van der Waals surface area contributed by atoms with E-state index < -0.39 is 45.8 Å². The molecule has 0 aliphatic carbocycles. The molecule has 0 saturated carbocycles. The molecule has 0 saturated heterocycles. The number of sulfonamides is 1. The first-order valence-electron chi connectivity index (χ1n) is 11.9. The second-order valence-electron chi connectivity index (χ2n) is 10.1. The van der Waals surface area contributed by atoms with Crippen LogP contribution in [0.4, 0.5) is 13.2 Å². The molecule has 0 fully saturated rings. The lowest BCUT2D eigenvalue weighted by atomic mass is 9.76. The topological polar surface area (TPSA) is 83.9 Å². The monoisotopic (exact) mass is 547 g/mol. The van der Waals surface area contributed by atoms with E-state index in [9.17, 15) is 26.4 Å². The van der Waals surface area contributed by atoms with Crippen molar-refractivity contribution >= 4 is 16.0 Å². The van der Waals surface area contributed by atoms with E-state index in [1.165, 1.54) is 34.6 Å². The van der Waals surface area contributed by atoms with Gasteiger partial charge in [-0.3, -0.25) is 0 Å². The zero-order valence-corrected chi connectivity index (χ0v) is 22.2. The molecule has 38 heavy (non-hydrogen) atoms. The average Bonchev–Trinajstić information content (AvgIpc) is 2.84. The number of nitrogens with zero attached hydrogens (tertiary/aromatic N) is 1. The smallest absolute Gasteiger partial charge is 0.416 e. The Kier molecular flexibility index (Phi) is 7.09. The fraction of sp³-hybridized carbons (Fsp3) is 0.321. The van der Waals surface area contributed by atoms with Gasteiger partial charge in [-0.25, -0.2) is 13.2 Å². The standard InChI is InChI=1S/C28H28F3NO5S/c1-17-13-22(10-12-25(17)37-15-26(33)34)38(35,36)32-16-27(3,4)24-11-7-20(14-23(24)18(32)2)19-5-8-21(9-6-19)28(29,30)31/h5-14,18H,15-16H2,1-4H3,(H,33,34). The van der Waals surface area contributed by atoms with Crippen LogP contribution in [0.2, 0.25) is 0 Å². The summed E-state index contributed by atoms with van der Waals surface area (Å²) < 4.78 is 73.3. The van der Waals surface area contributed by atoms with E-state index in [1.54, 1.807) is 13.8 Å². The molecule has 1 aliphatic rings. The number of hydrogen-bond donors (Lipinski definition) is 1. The summed E-state index contributed by atoms with van der Waals surface area (Å²) in [6, 6.07) is 14.3. The summed E-state index contributed by atoms with van der Waals surface area (Å²) in [5.74, 6) is -0.857. The van der Waals surface area contributed by atoms with Gasteiger partial charge in [0.2, 0.25) is 10.0 Å². The Morgan fingerprint density at radius 2 is 1.68 bits per heavy atom. The molecule has 0 amide bonds. The first-order chi connectivity index (χ1) is 17.6. The van der Waals surface area contributed by atoms with E-state index in [0.29, 0.717) is 16.7 Å². The van der Waals surface area contributed by atoms with E-state index >= 15 is 0 Å². The summed E-state index contributed by atoms with van der Waals surface area (Å²) in [6.45, 7) is 7.02. The SMILES string of the molecule is Cc1cc(S(=O)(=O)N2CC(C)(C)c3ccc(-c4ccc(C(F)(F)F)cc4)cc3C2C)ccc1OCC(=O)O. The number of carboxylic acid groups (broad SMARTS) is 1. The van der Waals surface area contributed by atoms with Crippen molar-refractivity contribution in [2.45, 2.75) is 50.2 Å². The van der Waals surface area contributed by atoms with Gasteiger partial charge in [0.15, 0.2) is 6.61 Å².